The van der Waals surface area contributed by atoms with Crippen molar-refractivity contribution in [2.24, 2.45) is 0 Å². The number of carbonyl (C=O) groups is 1. The number of aliphatic carboxylic acids is 1. The zero-order chi connectivity index (χ0) is 12.3. The van der Waals surface area contributed by atoms with Gasteiger partial charge in [-0.15, -0.1) is 0 Å². The van der Waals surface area contributed by atoms with Gasteiger partial charge in [0.1, 0.15) is 0 Å². The molecule has 17 heavy (non-hydrogen) atoms. The molecule has 1 aromatic carbocycles. The Kier molecular flexibility index (Phi) is 4.22. The van der Waals surface area contributed by atoms with E-state index in [1.165, 1.54) is 3.57 Å². The number of hydrogen-bond acceptors (Lipinski definition) is 3. The number of ether oxygens (including phenoxy) is 1. The van der Waals surface area contributed by atoms with Crippen molar-refractivity contribution >= 4 is 34.2 Å². The van der Waals surface area contributed by atoms with E-state index in [-0.39, 0.29) is 6.10 Å². The number of halogens is 1. The second-order valence-corrected chi connectivity index (χ2v) is 5.30. The molecule has 0 amide bonds. The molecule has 2 unspecified atom stereocenters. The standard InChI is InChI=1S/C12H14INO3/c13-8-2-1-3-9(6-8)14-7-10-4-5-11(17-10)12(15)16/h1-3,6,10-11,14H,4-5,7H2,(H,15,16). The number of carboxylic acids is 1. The van der Waals surface area contributed by atoms with Crippen molar-refractivity contribution in [2.45, 2.75) is 25.0 Å². The summed E-state index contributed by atoms with van der Waals surface area (Å²) in [5.74, 6) is -0.859. The van der Waals surface area contributed by atoms with Crippen LogP contribution in [0, 0.1) is 3.57 Å². The highest BCUT2D eigenvalue weighted by Crippen LogP contribution is 2.20. The third-order valence-electron chi connectivity index (χ3n) is 2.74. The van der Waals surface area contributed by atoms with E-state index in [1.807, 2.05) is 24.3 Å². The summed E-state index contributed by atoms with van der Waals surface area (Å²) in [4.78, 5) is 10.7. The SMILES string of the molecule is O=C(O)C1CCC(CNc2cccc(I)c2)O1. The molecule has 1 fully saturated rings. The molecule has 1 aromatic rings. The zero-order valence-corrected chi connectivity index (χ0v) is 11.4. The summed E-state index contributed by atoms with van der Waals surface area (Å²) in [5.41, 5.74) is 1.04. The Balaban J connectivity index is 1.82. The Hall–Kier alpha value is -0.820. The summed E-state index contributed by atoms with van der Waals surface area (Å²) in [6, 6.07) is 8.05. The van der Waals surface area contributed by atoms with Crippen LogP contribution >= 0.6 is 22.6 Å². The fourth-order valence-corrected chi connectivity index (χ4v) is 2.41. The third kappa shape index (κ3) is 3.57. The number of carboxylic acid groups (broad SMARTS) is 1. The number of anilines is 1. The fourth-order valence-electron chi connectivity index (χ4n) is 1.87. The fraction of sp³-hybridized carbons (Fsp3) is 0.417. The molecule has 0 spiro atoms. The lowest BCUT2D eigenvalue weighted by atomic mass is 10.2. The molecule has 2 atom stereocenters. The molecule has 1 saturated heterocycles. The molecule has 0 bridgehead atoms. The third-order valence-corrected chi connectivity index (χ3v) is 3.41. The average Bonchev–Trinajstić information content (AvgIpc) is 2.75. The Morgan fingerprint density at radius 3 is 3.00 bits per heavy atom. The maximum Gasteiger partial charge on any atom is 0.332 e. The van der Waals surface area contributed by atoms with Crippen LogP contribution in [0.2, 0.25) is 0 Å². The number of hydrogen-bond donors (Lipinski definition) is 2. The van der Waals surface area contributed by atoms with Gasteiger partial charge >= 0.3 is 5.97 Å². The van der Waals surface area contributed by atoms with E-state index in [9.17, 15) is 4.79 Å². The first-order valence-corrected chi connectivity index (χ1v) is 6.61. The van der Waals surface area contributed by atoms with Gasteiger partial charge in [0, 0.05) is 15.8 Å². The van der Waals surface area contributed by atoms with E-state index in [2.05, 4.69) is 27.9 Å². The first-order valence-electron chi connectivity index (χ1n) is 5.53. The number of benzene rings is 1. The Morgan fingerprint density at radius 1 is 1.53 bits per heavy atom. The zero-order valence-electron chi connectivity index (χ0n) is 9.23. The smallest absolute Gasteiger partial charge is 0.332 e. The van der Waals surface area contributed by atoms with E-state index in [0.29, 0.717) is 13.0 Å². The second-order valence-electron chi connectivity index (χ2n) is 4.05. The van der Waals surface area contributed by atoms with Gasteiger partial charge in [-0.05, 0) is 53.6 Å². The molecule has 0 saturated carbocycles. The van der Waals surface area contributed by atoms with Crippen molar-refractivity contribution < 1.29 is 14.6 Å². The van der Waals surface area contributed by atoms with Crippen LogP contribution in [0.4, 0.5) is 5.69 Å². The van der Waals surface area contributed by atoms with Gasteiger partial charge in [0.05, 0.1) is 6.10 Å². The lowest BCUT2D eigenvalue weighted by molar-refractivity contribution is -0.149. The molecular weight excluding hydrogens is 333 g/mol. The van der Waals surface area contributed by atoms with Crippen molar-refractivity contribution in [3.8, 4) is 0 Å². The first-order chi connectivity index (χ1) is 8.15. The molecule has 5 heteroatoms. The normalized spacial score (nSPS) is 23.6. The summed E-state index contributed by atoms with van der Waals surface area (Å²) < 4.78 is 6.58. The van der Waals surface area contributed by atoms with Crippen LogP contribution in [0.15, 0.2) is 24.3 Å². The molecular formula is C12H14INO3. The summed E-state index contributed by atoms with van der Waals surface area (Å²) >= 11 is 2.26. The maximum atomic E-state index is 10.7. The first kappa shape index (κ1) is 12.6. The maximum absolute atomic E-state index is 10.7. The van der Waals surface area contributed by atoms with Crippen molar-refractivity contribution in [1.82, 2.24) is 0 Å². The Labute approximate surface area is 113 Å². The van der Waals surface area contributed by atoms with Gasteiger partial charge in [0.2, 0.25) is 0 Å². The van der Waals surface area contributed by atoms with Crippen molar-refractivity contribution in [3.63, 3.8) is 0 Å². The van der Waals surface area contributed by atoms with Crippen molar-refractivity contribution in [2.75, 3.05) is 11.9 Å². The lowest BCUT2D eigenvalue weighted by Crippen LogP contribution is -2.24. The quantitative estimate of drug-likeness (QED) is 0.821. The molecule has 92 valence electrons. The minimum absolute atomic E-state index is 0.00559. The highest BCUT2D eigenvalue weighted by molar-refractivity contribution is 14.1. The highest BCUT2D eigenvalue weighted by Gasteiger charge is 2.30. The summed E-state index contributed by atoms with van der Waals surface area (Å²) in [6.45, 7) is 0.657. The van der Waals surface area contributed by atoms with Crippen molar-refractivity contribution in [3.05, 3.63) is 27.8 Å². The molecule has 4 nitrogen and oxygen atoms in total. The monoisotopic (exact) mass is 347 g/mol. The number of nitrogens with one attached hydrogen (secondary N) is 1. The van der Waals surface area contributed by atoms with E-state index in [1.54, 1.807) is 0 Å². The summed E-state index contributed by atoms with van der Waals surface area (Å²) in [5, 5.41) is 12.1. The van der Waals surface area contributed by atoms with Crippen LogP contribution in [-0.2, 0) is 9.53 Å². The van der Waals surface area contributed by atoms with Crippen LogP contribution in [0.3, 0.4) is 0 Å². The topological polar surface area (TPSA) is 58.6 Å². The summed E-state index contributed by atoms with van der Waals surface area (Å²) in [7, 11) is 0. The van der Waals surface area contributed by atoms with E-state index in [0.717, 1.165) is 12.1 Å². The lowest BCUT2D eigenvalue weighted by Gasteiger charge is -2.13. The molecule has 1 aliphatic heterocycles. The van der Waals surface area contributed by atoms with Crippen LogP contribution in [-0.4, -0.2) is 29.8 Å². The van der Waals surface area contributed by atoms with Gasteiger partial charge in [0.15, 0.2) is 6.10 Å². The Bertz CT molecular complexity index is 410. The number of rotatable bonds is 4. The van der Waals surface area contributed by atoms with Gasteiger partial charge < -0.3 is 15.2 Å². The van der Waals surface area contributed by atoms with Gasteiger partial charge in [0.25, 0.3) is 0 Å². The molecule has 1 aliphatic rings. The molecule has 2 N–H and O–H groups in total. The molecule has 1 heterocycles. The molecule has 0 radical (unpaired) electrons. The summed E-state index contributed by atoms with van der Waals surface area (Å²) in [6.07, 6.45) is 0.772. The van der Waals surface area contributed by atoms with E-state index >= 15 is 0 Å². The van der Waals surface area contributed by atoms with Crippen LogP contribution in [0.5, 0.6) is 0 Å². The van der Waals surface area contributed by atoms with E-state index < -0.39 is 12.1 Å². The van der Waals surface area contributed by atoms with E-state index in [4.69, 9.17) is 9.84 Å². The average molecular weight is 347 g/mol. The Morgan fingerprint density at radius 2 is 2.35 bits per heavy atom. The highest BCUT2D eigenvalue weighted by atomic mass is 127. The van der Waals surface area contributed by atoms with Crippen LogP contribution in [0.25, 0.3) is 0 Å². The largest absolute Gasteiger partial charge is 0.479 e. The molecule has 2 rings (SSSR count). The van der Waals surface area contributed by atoms with Gasteiger partial charge in [-0.3, -0.25) is 0 Å². The van der Waals surface area contributed by atoms with Gasteiger partial charge in [-0.25, -0.2) is 4.79 Å². The minimum atomic E-state index is -0.859. The molecule has 0 aliphatic carbocycles. The second kappa shape index (κ2) is 5.68. The van der Waals surface area contributed by atoms with Crippen molar-refractivity contribution in [1.29, 1.82) is 0 Å². The predicted molar refractivity (Wildman–Crippen MR) is 73.2 cm³/mol. The van der Waals surface area contributed by atoms with Gasteiger partial charge in [-0.1, -0.05) is 6.07 Å². The van der Waals surface area contributed by atoms with Crippen LogP contribution < -0.4 is 5.32 Å². The minimum Gasteiger partial charge on any atom is -0.479 e. The van der Waals surface area contributed by atoms with Gasteiger partial charge in [-0.2, -0.15) is 0 Å². The predicted octanol–water partition coefficient (Wildman–Crippen LogP) is 2.34. The molecule has 0 aromatic heterocycles. The van der Waals surface area contributed by atoms with Crippen LogP contribution in [0.1, 0.15) is 12.8 Å².